The van der Waals surface area contributed by atoms with Crippen LogP contribution in [0.25, 0.3) is 0 Å². The molecule has 0 atom stereocenters. The maximum Gasteiger partial charge on any atom is 0.193 e. The molecule has 0 saturated carbocycles. The highest BCUT2D eigenvalue weighted by atomic mass is 32.2. The van der Waals surface area contributed by atoms with Gasteiger partial charge in [-0.05, 0) is 43.0 Å². The van der Waals surface area contributed by atoms with E-state index in [1.54, 1.807) is 14.2 Å². The van der Waals surface area contributed by atoms with Crippen LogP contribution in [-0.4, -0.2) is 81.8 Å². The highest BCUT2D eigenvalue weighted by Gasteiger charge is 2.20. The first kappa shape index (κ1) is 21.7. The summed E-state index contributed by atoms with van der Waals surface area (Å²) in [4.78, 5) is 9.27. The van der Waals surface area contributed by atoms with E-state index in [0.29, 0.717) is 0 Å². The minimum absolute atomic E-state index is 0.870. The van der Waals surface area contributed by atoms with Gasteiger partial charge in [-0.15, -0.1) is 0 Å². The van der Waals surface area contributed by atoms with Crippen LogP contribution >= 0.6 is 11.8 Å². The van der Waals surface area contributed by atoms with Crippen LogP contribution in [0.15, 0.2) is 23.2 Å². The van der Waals surface area contributed by atoms with Crippen molar-refractivity contribution in [3.05, 3.63) is 23.8 Å². The van der Waals surface area contributed by atoms with Crippen LogP contribution in [-0.2, 0) is 6.54 Å². The normalized spacial score (nSPS) is 15.7. The SMILES string of the molecule is CN=C(NCCCCSC)N1CCN(Cc2cc(OC)ccc2OC)CC1. The Labute approximate surface area is 168 Å². The van der Waals surface area contributed by atoms with Gasteiger partial charge in [-0.2, -0.15) is 11.8 Å². The number of methoxy groups -OCH3 is 2. The van der Waals surface area contributed by atoms with Crippen molar-refractivity contribution in [3.8, 4) is 11.5 Å². The molecule has 2 rings (SSSR count). The molecule has 0 aromatic heterocycles. The van der Waals surface area contributed by atoms with Crippen LogP contribution in [0.4, 0.5) is 0 Å². The molecule has 6 nitrogen and oxygen atoms in total. The monoisotopic (exact) mass is 394 g/mol. The highest BCUT2D eigenvalue weighted by molar-refractivity contribution is 7.98. The Kier molecular flexibility index (Phi) is 9.62. The van der Waals surface area contributed by atoms with E-state index in [-0.39, 0.29) is 0 Å². The fraction of sp³-hybridized carbons (Fsp3) is 0.650. The number of piperazine rings is 1. The molecule has 0 radical (unpaired) electrons. The van der Waals surface area contributed by atoms with Crippen LogP contribution in [0.1, 0.15) is 18.4 Å². The van der Waals surface area contributed by atoms with Crippen molar-refractivity contribution in [2.75, 3.05) is 66.0 Å². The Morgan fingerprint density at radius 3 is 2.56 bits per heavy atom. The maximum absolute atomic E-state index is 5.51. The molecule has 0 spiro atoms. The van der Waals surface area contributed by atoms with Crippen molar-refractivity contribution in [1.82, 2.24) is 15.1 Å². The minimum Gasteiger partial charge on any atom is -0.497 e. The lowest BCUT2D eigenvalue weighted by Gasteiger charge is -2.36. The van der Waals surface area contributed by atoms with Crippen LogP contribution in [0.2, 0.25) is 0 Å². The van der Waals surface area contributed by atoms with Gasteiger partial charge in [0.05, 0.1) is 14.2 Å². The minimum atomic E-state index is 0.870. The molecule has 0 bridgehead atoms. The first-order valence-electron chi connectivity index (χ1n) is 9.59. The zero-order chi connectivity index (χ0) is 19.5. The van der Waals surface area contributed by atoms with E-state index in [4.69, 9.17) is 9.47 Å². The number of unbranched alkanes of at least 4 members (excludes halogenated alkanes) is 1. The topological polar surface area (TPSA) is 49.3 Å². The summed E-state index contributed by atoms with van der Waals surface area (Å²) in [5, 5.41) is 3.51. The van der Waals surface area contributed by atoms with Crippen LogP contribution in [0.5, 0.6) is 11.5 Å². The van der Waals surface area contributed by atoms with E-state index in [1.807, 2.05) is 30.9 Å². The smallest absolute Gasteiger partial charge is 0.193 e. The molecule has 1 aromatic carbocycles. The Hall–Kier alpha value is -1.60. The lowest BCUT2D eigenvalue weighted by molar-refractivity contribution is 0.171. The number of hydrogen-bond acceptors (Lipinski definition) is 5. The number of aliphatic imine (C=N–C) groups is 1. The second kappa shape index (κ2) is 12.0. The van der Waals surface area contributed by atoms with Gasteiger partial charge in [0.25, 0.3) is 0 Å². The number of guanidine groups is 1. The number of thioether (sulfide) groups is 1. The zero-order valence-electron chi connectivity index (χ0n) is 17.2. The van der Waals surface area contributed by atoms with E-state index in [2.05, 4.69) is 32.4 Å². The lowest BCUT2D eigenvalue weighted by Crippen LogP contribution is -2.52. The first-order chi connectivity index (χ1) is 13.2. The van der Waals surface area contributed by atoms with E-state index < -0.39 is 0 Å². The average molecular weight is 395 g/mol. The molecule has 7 heteroatoms. The van der Waals surface area contributed by atoms with Gasteiger partial charge in [0.2, 0.25) is 0 Å². The molecule has 1 fully saturated rings. The molecule has 1 aliphatic heterocycles. The Morgan fingerprint density at radius 2 is 1.93 bits per heavy atom. The van der Waals surface area contributed by atoms with Gasteiger partial charge in [-0.1, -0.05) is 0 Å². The van der Waals surface area contributed by atoms with Gasteiger partial charge < -0.3 is 19.7 Å². The van der Waals surface area contributed by atoms with Crippen LogP contribution < -0.4 is 14.8 Å². The Balaban J connectivity index is 1.82. The number of benzene rings is 1. The van der Waals surface area contributed by atoms with E-state index in [0.717, 1.165) is 56.7 Å². The van der Waals surface area contributed by atoms with Gasteiger partial charge >= 0.3 is 0 Å². The number of rotatable bonds is 9. The average Bonchev–Trinajstić information content (AvgIpc) is 2.71. The van der Waals surface area contributed by atoms with Crippen molar-refractivity contribution < 1.29 is 9.47 Å². The lowest BCUT2D eigenvalue weighted by atomic mass is 10.1. The standard InChI is InChI=1S/C20H34N4O2S/c1-21-20(22-9-5-6-14-27-4)24-12-10-23(11-13-24)16-17-15-18(25-2)7-8-19(17)26-3/h7-8,15H,5-6,9-14,16H2,1-4H3,(H,21,22). The van der Waals surface area contributed by atoms with Gasteiger partial charge in [0.15, 0.2) is 5.96 Å². The molecular formula is C20H34N4O2S. The van der Waals surface area contributed by atoms with Crippen molar-refractivity contribution in [2.24, 2.45) is 4.99 Å². The van der Waals surface area contributed by atoms with E-state index in [1.165, 1.54) is 24.2 Å². The number of nitrogens with zero attached hydrogens (tertiary/aromatic N) is 3. The second-order valence-electron chi connectivity index (χ2n) is 6.61. The summed E-state index contributed by atoms with van der Waals surface area (Å²) in [5.74, 6) is 4.04. The molecule has 0 amide bonds. The van der Waals surface area contributed by atoms with Crippen molar-refractivity contribution in [2.45, 2.75) is 19.4 Å². The van der Waals surface area contributed by atoms with Crippen LogP contribution in [0, 0.1) is 0 Å². The molecule has 1 saturated heterocycles. The van der Waals surface area contributed by atoms with Crippen molar-refractivity contribution in [1.29, 1.82) is 0 Å². The summed E-state index contributed by atoms with van der Waals surface area (Å²) >= 11 is 1.91. The van der Waals surface area contributed by atoms with Gasteiger partial charge in [-0.25, -0.2) is 0 Å². The largest absolute Gasteiger partial charge is 0.497 e. The fourth-order valence-electron chi connectivity index (χ4n) is 3.27. The second-order valence-corrected chi connectivity index (χ2v) is 7.60. The summed E-state index contributed by atoms with van der Waals surface area (Å²) < 4.78 is 10.9. The van der Waals surface area contributed by atoms with Gasteiger partial charge in [0, 0.05) is 51.9 Å². The van der Waals surface area contributed by atoms with Crippen molar-refractivity contribution in [3.63, 3.8) is 0 Å². The van der Waals surface area contributed by atoms with Crippen molar-refractivity contribution >= 4 is 17.7 Å². The molecule has 1 heterocycles. The Bertz CT molecular complexity index is 589. The highest BCUT2D eigenvalue weighted by Crippen LogP contribution is 2.25. The number of hydrogen-bond donors (Lipinski definition) is 1. The zero-order valence-corrected chi connectivity index (χ0v) is 18.0. The summed E-state index contributed by atoms with van der Waals surface area (Å²) in [6.07, 6.45) is 4.60. The molecule has 0 aliphatic carbocycles. The summed E-state index contributed by atoms with van der Waals surface area (Å²) in [6, 6.07) is 5.99. The van der Waals surface area contributed by atoms with Gasteiger partial charge in [-0.3, -0.25) is 9.89 Å². The number of nitrogens with one attached hydrogen (secondary N) is 1. The summed E-state index contributed by atoms with van der Waals surface area (Å²) in [5.41, 5.74) is 1.17. The molecule has 27 heavy (non-hydrogen) atoms. The summed E-state index contributed by atoms with van der Waals surface area (Å²) in [6.45, 7) is 5.85. The quantitative estimate of drug-likeness (QED) is 0.395. The third-order valence-electron chi connectivity index (χ3n) is 4.82. The number of ether oxygens (including phenoxy) is 2. The molecule has 1 aliphatic rings. The summed E-state index contributed by atoms with van der Waals surface area (Å²) in [7, 11) is 5.29. The third-order valence-corrected chi connectivity index (χ3v) is 5.52. The maximum atomic E-state index is 5.51. The molecule has 1 aromatic rings. The van der Waals surface area contributed by atoms with Gasteiger partial charge in [0.1, 0.15) is 11.5 Å². The van der Waals surface area contributed by atoms with E-state index in [9.17, 15) is 0 Å². The molecule has 1 N–H and O–H groups in total. The molecule has 0 unspecified atom stereocenters. The predicted molar refractivity (Wildman–Crippen MR) is 115 cm³/mol. The molecule has 152 valence electrons. The van der Waals surface area contributed by atoms with Crippen LogP contribution in [0.3, 0.4) is 0 Å². The third kappa shape index (κ3) is 6.81. The Morgan fingerprint density at radius 1 is 1.15 bits per heavy atom. The predicted octanol–water partition coefficient (Wildman–Crippen LogP) is 2.54. The first-order valence-corrected chi connectivity index (χ1v) is 11.0. The molecular weight excluding hydrogens is 360 g/mol. The fourth-order valence-corrected chi connectivity index (χ4v) is 3.76. The van der Waals surface area contributed by atoms with E-state index >= 15 is 0 Å².